The van der Waals surface area contributed by atoms with Crippen LogP contribution in [0.5, 0.6) is 0 Å². The molecule has 0 saturated heterocycles. The van der Waals surface area contributed by atoms with Crippen molar-refractivity contribution in [3.05, 3.63) is 58.9 Å². The van der Waals surface area contributed by atoms with Crippen molar-refractivity contribution < 1.29 is 0 Å². The first-order chi connectivity index (χ1) is 7.36. The van der Waals surface area contributed by atoms with E-state index in [4.69, 9.17) is 0 Å². The van der Waals surface area contributed by atoms with Crippen molar-refractivity contribution in [1.82, 2.24) is 4.98 Å². The molecule has 0 amide bonds. The van der Waals surface area contributed by atoms with Crippen LogP contribution in [0.25, 0.3) is 21.7 Å². The van der Waals surface area contributed by atoms with Crippen molar-refractivity contribution in [3.8, 4) is 0 Å². The Labute approximate surface area is 86.2 Å². The van der Waals surface area contributed by atoms with Crippen LogP contribution in [-0.2, 0) is 0 Å². The standard InChI is InChI=1S/C13H9NO/c15-11-5-1-3-9-6-7-10-4-2-8-14-13(10)12(9)11/h1-8,14H. The zero-order valence-electron chi connectivity index (χ0n) is 8.03. The van der Waals surface area contributed by atoms with Gasteiger partial charge in [-0.25, -0.2) is 0 Å². The van der Waals surface area contributed by atoms with Gasteiger partial charge in [0.05, 0.1) is 10.9 Å². The Kier molecular flexibility index (Phi) is 1.62. The average molecular weight is 195 g/mol. The molecule has 1 heterocycles. The van der Waals surface area contributed by atoms with Crippen LogP contribution in [0.2, 0.25) is 0 Å². The van der Waals surface area contributed by atoms with Gasteiger partial charge in [-0.1, -0.05) is 30.3 Å². The fourth-order valence-electron chi connectivity index (χ4n) is 1.94. The SMILES string of the molecule is O=c1cccc2ccc3ccc[nH]c3c12. The molecule has 0 aliphatic rings. The molecular formula is C13H9NO. The summed E-state index contributed by atoms with van der Waals surface area (Å²) in [6.07, 6.45) is 1.84. The number of hydrogen-bond acceptors (Lipinski definition) is 1. The number of rotatable bonds is 0. The molecule has 72 valence electrons. The first-order valence-electron chi connectivity index (χ1n) is 4.85. The van der Waals surface area contributed by atoms with Crippen molar-refractivity contribution in [1.29, 1.82) is 0 Å². The molecule has 0 unspecified atom stereocenters. The van der Waals surface area contributed by atoms with Gasteiger partial charge >= 0.3 is 0 Å². The summed E-state index contributed by atoms with van der Waals surface area (Å²) in [5.74, 6) is 0. The highest BCUT2D eigenvalue weighted by atomic mass is 16.1. The monoisotopic (exact) mass is 195 g/mol. The number of hydrogen-bond donors (Lipinski definition) is 1. The van der Waals surface area contributed by atoms with Crippen LogP contribution in [0.15, 0.2) is 53.5 Å². The Morgan fingerprint density at radius 2 is 1.67 bits per heavy atom. The third-order valence-electron chi connectivity index (χ3n) is 2.64. The minimum absolute atomic E-state index is 0.0700. The molecule has 2 aromatic carbocycles. The smallest absolute Gasteiger partial charge is 0.188 e. The molecule has 0 bridgehead atoms. The highest BCUT2D eigenvalue weighted by Gasteiger charge is 2.02. The van der Waals surface area contributed by atoms with Crippen molar-refractivity contribution in [2.45, 2.75) is 0 Å². The Balaban J connectivity index is 2.70. The summed E-state index contributed by atoms with van der Waals surface area (Å²) >= 11 is 0. The quantitative estimate of drug-likeness (QED) is 0.549. The van der Waals surface area contributed by atoms with Crippen molar-refractivity contribution in [2.24, 2.45) is 0 Å². The average Bonchev–Trinajstić information content (AvgIpc) is 2.29. The number of nitrogens with one attached hydrogen (secondary N) is 1. The zero-order chi connectivity index (χ0) is 10.3. The van der Waals surface area contributed by atoms with Crippen molar-refractivity contribution in [3.63, 3.8) is 0 Å². The third kappa shape index (κ3) is 1.15. The second-order valence-corrected chi connectivity index (χ2v) is 3.55. The van der Waals surface area contributed by atoms with E-state index in [2.05, 4.69) is 4.98 Å². The van der Waals surface area contributed by atoms with Crippen LogP contribution in [-0.4, -0.2) is 4.98 Å². The molecule has 1 aromatic heterocycles. The molecule has 0 spiro atoms. The maximum Gasteiger partial charge on any atom is 0.188 e. The van der Waals surface area contributed by atoms with E-state index in [0.717, 1.165) is 21.7 Å². The number of pyridine rings is 1. The van der Waals surface area contributed by atoms with E-state index in [1.165, 1.54) is 0 Å². The molecule has 3 aromatic rings. The topological polar surface area (TPSA) is 32.9 Å². The second kappa shape index (κ2) is 2.95. The summed E-state index contributed by atoms with van der Waals surface area (Å²) in [6.45, 7) is 0. The first-order valence-corrected chi connectivity index (χ1v) is 4.85. The Morgan fingerprint density at radius 1 is 0.867 bits per heavy atom. The Morgan fingerprint density at radius 3 is 2.60 bits per heavy atom. The van der Waals surface area contributed by atoms with Gasteiger partial charge in [0.15, 0.2) is 5.43 Å². The predicted molar refractivity (Wildman–Crippen MR) is 62.1 cm³/mol. The molecule has 2 nitrogen and oxygen atoms in total. The molecular weight excluding hydrogens is 186 g/mol. The van der Waals surface area contributed by atoms with Gasteiger partial charge in [0.2, 0.25) is 0 Å². The molecule has 0 aliphatic heterocycles. The Hall–Kier alpha value is -2.09. The summed E-state index contributed by atoms with van der Waals surface area (Å²) < 4.78 is 0. The number of H-pyrrole nitrogens is 1. The van der Waals surface area contributed by atoms with E-state index in [-0.39, 0.29) is 5.43 Å². The minimum atomic E-state index is 0.0700. The van der Waals surface area contributed by atoms with E-state index in [9.17, 15) is 4.79 Å². The van der Waals surface area contributed by atoms with Crippen molar-refractivity contribution >= 4 is 21.7 Å². The highest BCUT2D eigenvalue weighted by Crippen LogP contribution is 2.19. The van der Waals surface area contributed by atoms with Crippen molar-refractivity contribution in [2.75, 3.05) is 0 Å². The van der Waals surface area contributed by atoms with E-state index >= 15 is 0 Å². The second-order valence-electron chi connectivity index (χ2n) is 3.55. The van der Waals surface area contributed by atoms with Crippen LogP contribution in [0, 0.1) is 0 Å². The van der Waals surface area contributed by atoms with Gasteiger partial charge in [0.1, 0.15) is 0 Å². The highest BCUT2D eigenvalue weighted by molar-refractivity contribution is 6.04. The molecule has 15 heavy (non-hydrogen) atoms. The molecule has 0 fully saturated rings. The lowest BCUT2D eigenvalue weighted by molar-refractivity contribution is 1.42. The number of aromatic nitrogens is 1. The maximum absolute atomic E-state index is 11.8. The summed E-state index contributed by atoms with van der Waals surface area (Å²) in [5, 5.41) is 2.82. The minimum Gasteiger partial charge on any atom is -0.361 e. The van der Waals surface area contributed by atoms with Crippen LogP contribution < -0.4 is 5.43 Å². The van der Waals surface area contributed by atoms with Crippen LogP contribution in [0.3, 0.4) is 0 Å². The van der Waals surface area contributed by atoms with Gasteiger partial charge in [0, 0.05) is 6.20 Å². The van der Waals surface area contributed by atoms with Gasteiger partial charge in [-0.15, -0.1) is 0 Å². The lowest BCUT2D eigenvalue weighted by Gasteiger charge is -2.01. The number of aromatic amines is 1. The fourth-order valence-corrected chi connectivity index (χ4v) is 1.94. The lowest BCUT2D eigenvalue weighted by Crippen LogP contribution is -1.99. The van der Waals surface area contributed by atoms with Gasteiger partial charge in [-0.05, 0) is 22.9 Å². The lowest BCUT2D eigenvalue weighted by atomic mass is 10.1. The van der Waals surface area contributed by atoms with Crippen LogP contribution in [0.1, 0.15) is 0 Å². The summed E-state index contributed by atoms with van der Waals surface area (Å²) in [4.78, 5) is 14.9. The third-order valence-corrected chi connectivity index (χ3v) is 2.64. The molecule has 3 rings (SSSR count). The summed E-state index contributed by atoms with van der Waals surface area (Å²) in [5.41, 5.74) is 0.987. The van der Waals surface area contributed by atoms with Crippen LogP contribution in [0.4, 0.5) is 0 Å². The number of fused-ring (bicyclic) bond motifs is 3. The first kappa shape index (κ1) is 8.24. The van der Waals surface area contributed by atoms with Gasteiger partial charge in [-0.3, -0.25) is 4.79 Å². The number of benzene rings is 2. The fraction of sp³-hybridized carbons (Fsp3) is 0. The molecule has 2 heteroatoms. The van der Waals surface area contributed by atoms with Crippen LogP contribution >= 0.6 is 0 Å². The van der Waals surface area contributed by atoms with E-state index in [0.29, 0.717) is 0 Å². The van der Waals surface area contributed by atoms with Gasteiger partial charge in [-0.2, -0.15) is 0 Å². The molecule has 0 saturated carbocycles. The predicted octanol–water partition coefficient (Wildman–Crippen LogP) is 2.68. The normalized spacial score (nSPS) is 10.9. The van der Waals surface area contributed by atoms with Gasteiger partial charge in [0.25, 0.3) is 0 Å². The molecule has 0 atom stereocenters. The van der Waals surface area contributed by atoms with E-state index in [1.807, 2.05) is 36.5 Å². The summed E-state index contributed by atoms with van der Waals surface area (Å²) in [7, 11) is 0. The van der Waals surface area contributed by atoms with E-state index < -0.39 is 0 Å². The maximum atomic E-state index is 11.8. The van der Waals surface area contributed by atoms with E-state index in [1.54, 1.807) is 12.1 Å². The Bertz CT molecular complexity index is 697. The molecule has 0 aliphatic carbocycles. The largest absolute Gasteiger partial charge is 0.361 e. The van der Waals surface area contributed by atoms with Gasteiger partial charge < -0.3 is 4.98 Å². The zero-order valence-corrected chi connectivity index (χ0v) is 8.03. The molecule has 1 N–H and O–H groups in total. The summed E-state index contributed by atoms with van der Waals surface area (Å²) in [6, 6.07) is 13.3. The molecule has 0 radical (unpaired) electrons.